The molecule has 1 fully saturated rings. The highest BCUT2D eigenvalue weighted by Gasteiger charge is 2.15. The van der Waals surface area contributed by atoms with Crippen LogP contribution in [0, 0.1) is 6.92 Å². The van der Waals surface area contributed by atoms with E-state index in [1.807, 2.05) is 48.7 Å². The predicted octanol–water partition coefficient (Wildman–Crippen LogP) is 3.28. The molecular weight excluding hydrogens is 372 g/mol. The zero-order valence-corrected chi connectivity index (χ0v) is 16.5. The topological polar surface area (TPSA) is 67.4 Å². The van der Waals surface area contributed by atoms with Crippen LogP contribution in [-0.2, 0) is 11.3 Å². The summed E-state index contributed by atoms with van der Waals surface area (Å²) < 4.78 is 5.39. The van der Waals surface area contributed by atoms with Crippen LogP contribution in [0.25, 0.3) is 10.4 Å². The summed E-state index contributed by atoms with van der Waals surface area (Å²) in [7, 11) is 0. The standard InChI is InChI=1S/C21H22N4O2S/c1-15-13-18(24-21(23-15)25-8-10-27-11-9-25)14-22-20(26)17-6-4-16(5-7-17)19-3-2-12-28-19/h2-7,12-13H,8-11,14H2,1H3,(H,22,26). The molecule has 3 heterocycles. The molecule has 1 N–H and O–H groups in total. The van der Waals surface area contributed by atoms with E-state index < -0.39 is 0 Å². The van der Waals surface area contributed by atoms with Gasteiger partial charge in [-0.1, -0.05) is 18.2 Å². The molecule has 1 amide bonds. The van der Waals surface area contributed by atoms with Crippen molar-refractivity contribution < 1.29 is 9.53 Å². The van der Waals surface area contributed by atoms with Crippen molar-refractivity contribution in [2.45, 2.75) is 13.5 Å². The van der Waals surface area contributed by atoms with Gasteiger partial charge in [-0.15, -0.1) is 11.3 Å². The summed E-state index contributed by atoms with van der Waals surface area (Å²) in [6.07, 6.45) is 0. The Morgan fingerprint density at radius 2 is 1.96 bits per heavy atom. The van der Waals surface area contributed by atoms with Gasteiger partial charge < -0.3 is 15.0 Å². The number of anilines is 1. The molecular formula is C21H22N4O2S. The van der Waals surface area contributed by atoms with Gasteiger partial charge in [0.15, 0.2) is 0 Å². The third kappa shape index (κ3) is 4.37. The lowest BCUT2D eigenvalue weighted by molar-refractivity contribution is 0.0950. The first-order chi connectivity index (χ1) is 13.7. The minimum atomic E-state index is -0.109. The van der Waals surface area contributed by atoms with E-state index in [2.05, 4.69) is 26.3 Å². The minimum absolute atomic E-state index is 0.109. The Kier molecular flexibility index (Phi) is 5.64. The molecule has 1 aliphatic rings. The molecule has 4 rings (SSSR count). The Morgan fingerprint density at radius 1 is 1.18 bits per heavy atom. The molecule has 0 unspecified atom stereocenters. The molecule has 1 aromatic carbocycles. The Balaban J connectivity index is 1.41. The van der Waals surface area contributed by atoms with Crippen molar-refractivity contribution in [2.75, 3.05) is 31.2 Å². The van der Waals surface area contributed by atoms with Gasteiger partial charge in [0.2, 0.25) is 5.95 Å². The summed E-state index contributed by atoms with van der Waals surface area (Å²) in [5.41, 5.74) is 3.45. The fourth-order valence-electron chi connectivity index (χ4n) is 3.11. The number of morpholine rings is 1. The summed E-state index contributed by atoms with van der Waals surface area (Å²) in [5, 5.41) is 5.00. The second-order valence-electron chi connectivity index (χ2n) is 6.64. The number of hydrogen-bond acceptors (Lipinski definition) is 6. The first kappa shape index (κ1) is 18.6. The van der Waals surface area contributed by atoms with Crippen molar-refractivity contribution >= 4 is 23.2 Å². The average molecular weight is 395 g/mol. The van der Waals surface area contributed by atoms with E-state index in [-0.39, 0.29) is 5.91 Å². The van der Waals surface area contributed by atoms with E-state index in [9.17, 15) is 4.79 Å². The monoisotopic (exact) mass is 394 g/mol. The zero-order chi connectivity index (χ0) is 19.3. The van der Waals surface area contributed by atoms with Crippen molar-refractivity contribution in [1.82, 2.24) is 15.3 Å². The molecule has 0 aliphatic carbocycles. The van der Waals surface area contributed by atoms with Gasteiger partial charge >= 0.3 is 0 Å². The number of amides is 1. The number of aryl methyl sites for hydroxylation is 1. The number of thiophene rings is 1. The van der Waals surface area contributed by atoms with E-state index in [4.69, 9.17) is 4.74 Å². The van der Waals surface area contributed by atoms with Crippen molar-refractivity contribution in [3.8, 4) is 10.4 Å². The number of carbonyl (C=O) groups excluding carboxylic acids is 1. The smallest absolute Gasteiger partial charge is 0.251 e. The van der Waals surface area contributed by atoms with Crippen LogP contribution in [0.1, 0.15) is 21.7 Å². The van der Waals surface area contributed by atoms with Gasteiger partial charge in [-0.05, 0) is 42.1 Å². The van der Waals surface area contributed by atoms with E-state index in [1.54, 1.807) is 11.3 Å². The second-order valence-corrected chi connectivity index (χ2v) is 7.59. The molecule has 2 aromatic heterocycles. The van der Waals surface area contributed by atoms with Crippen molar-refractivity contribution in [3.63, 3.8) is 0 Å². The third-order valence-electron chi connectivity index (χ3n) is 4.57. The number of nitrogens with zero attached hydrogens (tertiary/aromatic N) is 3. The molecule has 6 nitrogen and oxygen atoms in total. The Morgan fingerprint density at radius 3 is 2.68 bits per heavy atom. The van der Waals surface area contributed by atoms with Gasteiger partial charge in [0, 0.05) is 29.2 Å². The number of ether oxygens (including phenoxy) is 1. The maximum atomic E-state index is 12.5. The van der Waals surface area contributed by atoms with Crippen LogP contribution in [0.5, 0.6) is 0 Å². The quantitative estimate of drug-likeness (QED) is 0.719. The SMILES string of the molecule is Cc1cc(CNC(=O)c2ccc(-c3cccs3)cc2)nc(N2CCOCC2)n1. The summed E-state index contributed by atoms with van der Waals surface area (Å²) in [6, 6.07) is 13.7. The highest BCUT2D eigenvalue weighted by atomic mass is 32.1. The summed E-state index contributed by atoms with van der Waals surface area (Å²) in [5.74, 6) is 0.592. The molecule has 0 bridgehead atoms. The van der Waals surface area contributed by atoms with Gasteiger partial charge in [-0.2, -0.15) is 0 Å². The van der Waals surface area contributed by atoms with Crippen LogP contribution in [0.15, 0.2) is 47.8 Å². The summed E-state index contributed by atoms with van der Waals surface area (Å²) in [4.78, 5) is 25.0. The number of benzene rings is 1. The molecule has 0 atom stereocenters. The Labute approximate surface area is 168 Å². The van der Waals surface area contributed by atoms with Crippen molar-refractivity contribution in [2.24, 2.45) is 0 Å². The fraction of sp³-hybridized carbons (Fsp3) is 0.286. The van der Waals surface area contributed by atoms with Gasteiger partial charge in [0.25, 0.3) is 5.91 Å². The van der Waals surface area contributed by atoms with E-state index in [0.717, 1.165) is 30.0 Å². The maximum Gasteiger partial charge on any atom is 0.251 e. The van der Waals surface area contributed by atoms with E-state index in [0.29, 0.717) is 31.3 Å². The van der Waals surface area contributed by atoms with Gasteiger partial charge in [-0.3, -0.25) is 4.79 Å². The number of aromatic nitrogens is 2. The van der Waals surface area contributed by atoms with Crippen molar-refractivity contribution in [1.29, 1.82) is 0 Å². The number of hydrogen-bond donors (Lipinski definition) is 1. The van der Waals surface area contributed by atoms with Crippen LogP contribution < -0.4 is 10.2 Å². The Bertz CT molecular complexity index is 936. The average Bonchev–Trinajstić information content (AvgIpc) is 3.27. The third-order valence-corrected chi connectivity index (χ3v) is 5.49. The zero-order valence-electron chi connectivity index (χ0n) is 15.7. The molecule has 1 saturated heterocycles. The molecule has 28 heavy (non-hydrogen) atoms. The normalized spacial score (nSPS) is 14.1. The highest BCUT2D eigenvalue weighted by Crippen LogP contribution is 2.24. The molecule has 0 radical (unpaired) electrons. The number of rotatable bonds is 5. The highest BCUT2D eigenvalue weighted by molar-refractivity contribution is 7.13. The van der Waals surface area contributed by atoms with E-state index >= 15 is 0 Å². The fourth-order valence-corrected chi connectivity index (χ4v) is 3.85. The van der Waals surface area contributed by atoms with Gasteiger partial charge in [0.05, 0.1) is 25.5 Å². The lowest BCUT2D eigenvalue weighted by Crippen LogP contribution is -2.37. The predicted molar refractivity (Wildman–Crippen MR) is 111 cm³/mol. The van der Waals surface area contributed by atoms with Crippen LogP contribution in [0.3, 0.4) is 0 Å². The number of nitrogens with one attached hydrogen (secondary N) is 1. The molecule has 0 saturated carbocycles. The van der Waals surface area contributed by atoms with Gasteiger partial charge in [0.1, 0.15) is 0 Å². The first-order valence-electron chi connectivity index (χ1n) is 9.28. The molecule has 3 aromatic rings. The second kappa shape index (κ2) is 8.50. The van der Waals surface area contributed by atoms with Crippen LogP contribution in [0.4, 0.5) is 5.95 Å². The minimum Gasteiger partial charge on any atom is -0.378 e. The summed E-state index contributed by atoms with van der Waals surface area (Å²) >= 11 is 1.69. The van der Waals surface area contributed by atoms with Crippen LogP contribution in [-0.4, -0.2) is 42.2 Å². The maximum absolute atomic E-state index is 12.5. The van der Waals surface area contributed by atoms with Crippen molar-refractivity contribution in [3.05, 3.63) is 64.8 Å². The lowest BCUT2D eigenvalue weighted by Gasteiger charge is -2.27. The lowest BCUT2D eigenvalue weighted by atomic mass is 10.1. The van der Waals surface area contributed by atoms with Crippen LogP contribution >= 0.6 is 11.3 Å². The molecule has 7 heteroatoms. The molecule has 1 aliphatic heterocycles. The Hall–Kier alpha value is -2.77. The summed E-state index contributed by atoms with van der Waals surface area (Å²) in [6.45, 7) is 5.25. The largest absolute Gasteiger partial charge is 0.378 e. The first-order valence-corrected chi connectivity index (χ1v) is 10.2. The molecule has 144 valence electrons. The van der Waals surface area contributed by atoms with Crippen LogP contribution in [0.2, 0.25) is 0 Å². The number of carbonyl (C=O) groups is 1. The van der Waals surface area contributed by atoms with E-state index in [1.165, 1.54) is 4.88 Å². The molecule has 0 spiro atoms. The van der Waals surface area contributed by atoms with Gasteiger partial charge in [-0.25, -0.2) is 9.97 Å².